The van der Waals surface area contributed by atoms with Crippen molar-refractivity contribution in [2.75, 3.05) is 25.1 Å². The van der Waals surface area contributed by atoms with Crippen LogP contribution in [0.4, 0.5) is 5.00 Å². The van der Waals surface area contributed by atoms with Crippen LogP contribution in [0.2, 0.25) is 0 Å². The number of aliphatic hydroxyl groups is 1. The Hall–Kier alpha value is -2.28. The molecule has 0 fully saturated rings. The number of nitrogens with zero attached hydrogens (tertiary/aromatic N) is 3. The second kappa shape index (κ2) is 7.52. The van der Waals surface area contributed by atoms with Crippen molar-refractivity contribution in [1.82, 2.24) is 4.98 Å². The second-order valence-corrected chi connectivity index (χ2v) is 10.7. The van der Waals surface area contributed by atoms with Gasteiger partial charge in [0.05, 0.1) is 37.8 Å². The van der Waals surface area contributed by atoms with Crippen molar-refractivity contribution in [3.05, 3.63) is 57.7 Å². The molecular formula is C21H15N3OS4. The molecule has 0 aliphatic heterocycles. The summed E-state index contributed by atoms with van der Waals surface area (Å²) in [5.74, 6) is 0. The molecule has 1 aromatic carbocycles. The lowest BCUT2D eigenvalue weighted by Gasteiger charge is -2.14. The number of fused-ring (bicyclic) bond motifs is 4. The summed E-state index contributed by atoms with van der Waals surface area (Å²) in [5, 5.41) is 11.1. The first-order valence-corrected chi connectivity index (χ1v) is 12.2. The van der Waals surface area contributed by atoms with Gasteiger partial charge in [-0.25, -0.2) is 9.83 Å². The molecule has 0 amide bonds. The van der Waals surface area contributed by atoms with Crippen LogP contribution in [0, 0.1) is 6.57 Å². The molecule has 0 atom stereocenters. The number of aromatic nitrogens is 1. The van der Waals surface area contributed by atoms with E-state index in [1.807, 2.05) is 37.4 Å². The summed E-state index contributed by atoms with van der Waals surface area (Å²) in [4.78, 5) is 11.6. The molecular weight excluding hydrogens is 439 g/mol. The molecule has 29 heavy (non-hydrogen) atoms. The molecule has 0 aliphatic rings. The molecule has 0 bridgehead atoms. The van der Waals surface area contributed by atoms with Crippen LogP contribution in [-0.2, 0) is 0 Å². The Kier molecular flexibility index (Phi) is 4.86. The maximum Gasteiger partial charge on any atom is 0.223 e. The van der Waals surface area contributed by atoms with E-state index in [1.165, 1.54) is 23.8 Å². The molecule has 0 spiro atoms. The summed E-state index contributed by atoms with van der Waals surface area (Å²) in [6.45, 7) is 8.43. The molecule has 5 rings (SSSR count). The van der Waals surface area contributed by atoms with Crippen molar-refractivity contribution in [3.8, 4) is 0 Å². The molecule has 0 saturated heterocycles. The SMILES string of the molecule is [C-]#[N+]/C(=C\c1cc2sc3cc(N(C)CCO)sc3c2s1)c1nc2ccccc2s1. The van der Waals surface area contributed by atoms with Gasteiger partial charge in [0, 0.05) is 27.9 Å². The second-order valence-electron chi connectivity index (χ2n) is 6.50. The zero-order valence-electron chi connectivity index (χ0n) is 15.4. The van der Waals surface area contributed by atoms with Crippen molar-refractivity contribution >= 4 is 91.1 Å². The summed E-state index contributed by atoms with van der Waals surface area (Å²) in [6, 6.07) is 12.4. The number of para-hydroxylation sites is 1. The maximum absolute atomic E-state index is 9.18. The maximum atomic E-state index is 9.18. The highest BCUT2D eigenvalue weighted by Gasteiger charge is 2.15. The third-order valence-corrected chi connectivity index (χ3v) is 9.45. The Labute approximate surface area is 183 Å². The number of thiophene rings is 3. The number of hydrogen-bond donors (Lipinski definition) is 1. The van der Waals surface area contributed by atoms with E-state index >= 15 is 0 Å². The quantitative estimate of drug-likeness (QED) is 0.304. The predicted molar refractivity (Wildman–Crippen MR) is 130 cm³/mol. The van der Waals surface area contributed by atoms with E-state index in [4.69, 9.17) is 6.57 Å². The number of aliphatic hydroxyl groups excluding tert-OH is 1. The fourth-order valence-electron chi connectivity index (χ4n) is 3.12. The van der Waals surface area contributed by atoms with E-state index in [0.717, 1.165) is 20.1 Å². The molecule has 0 unspecified atom stereocenters. The van der Waals surface area contributed by atoms with Crippen LogP contribution < -0.4 is 4.90 Å². The molecule has 4 nitrogen and oxygen atoms in total. The van der Waals surface area contributed by atoms with E-state index in [-0.39, 0.29) is 6.61 Å². The summed E-state index contributed by atoms with van der Waals surface area (Å²) < 4.78 is 6.21. The summed E-state index contributed by atoms with van der Waals surface area (Å²) in [7, 11) is 2.01. The molecule has 0 saturated carbocycles. The third-order valence-electron chi connectivity index (χ3n) is 4.55. The van der Waals surface area contributed by atoms with Gasteiger partial charge in [-0.15, -0.1) is 45.3 Å². The summed E-state index contributed by atoms with van der Waals surface area (Å²) in [5.41, 5.74) is 1.53. The van der Waals surface area contributed by atoms with Crippen LogP contribution >= 0.6 is 45.3 Å². The monoisotopic (exact) mass is 453 g/mol. The molecule has 8 heteroatoms. The van der Waals surface area contributed by atoms with Crippen LogP contribution in [0.15, 0.2) is 36.4 Å². The van der Waals surface area contributed by atoms with Gasteiger partial charge in [0.2, 0.25) is 5.70 Å². The van der Waals surface area contributed by atoms with Gasteiger partial charge in [-0.2, -0.15) is 0 Å². The van der Waals surface area contributed by atoms with Crippen LogP contribution in [0.1, 0.15) is 9.88 Å². The van der Waals surface area contributed by atoms with Gasteiger partial charge in [-0.05, 0) is 30.3 Å². The zero-order valence-corrected chi connectivity index (χ0v) is 18.6. The predicted octanol–water partition coefficient (Wildman–Crippen LogP) is 6.63. The minimum atomic E-state index is 0.149. The van der Waals surface area contributed by atoms with Gasteiger partial charge >= 0.3 is 0 Å². The fourth-order valence-corrected chi connectivity index (χ4v) is 8.00. The minimum Gasteiger partial charge on any atom is -0.395 e. The van der Waals surface area contributed by atoms with Crippen LogP contribution in [0.25, 0.3) is 45.6 Å². The first-order valence-electron chi connectivity index (χ1n) is 8.89. The number of rotatable bonds is 5. The first kappa shape index (κ1) is 18.7. The molecule has 1 N–H and O–H groups in total. The fraction of sp³-hybridized carbons (Fsp3) is 0.143. The van der Waals surface area contributed by atoms with Crippen LogP contribution in [-0.4, -0.2) is 30.3 Å². The molecule has 5 aromatic rings. The molecule has 144 valence electrons. The zero-order chi connectivity index (χ0) is 20.0. The van der Waals surface area contributed by atoms with Crippen molar-refractivity contribution in [2.24, 2.45) is 0 Å². The number of likely N-dealkylation sites (N-methyl/N-ethyl adjacent to an activating group) is 1. The Bertz CT molecular complexity index is 1380. The lowest BCUT2D eigenvalue weighted by molar-refractivity contribution is 0.304. The number of anilines is 1. The Morgan fingerprint density at radius 1 is 1.10 bits per heavy atom. The van der Waals surface area contributed by atoms with Crippen LogP contribution in [0.5, 0.6) is 0 Å². The number of thiazole rings is 1. The summed E-state index contributed by atoms with van der Waals surface area (Å²) >= 11 is 6.84. The van der Waals surface area contributed by atoms with Gasteiger partial charge in [-0.3, -0.25) is 0 Å². The topological polar surface area (TPSA) is 40.7 Å². The third kappa shape index (κ3) is 3.35. The normalized spacial score (nSPS) is 12.2. The van der Waals surface area contributed by atoms with Gasteiger partial charge in [0.25, 0.3) is 0 Å². The standard InChI is InChI=1S/C21H15N3OS4/c1-22-14(21-23-13-5-3-4-6-15(13)28-21)9-12-10-16-19(26-12)20-17(27-16)11-18(29-20)24(2)7-8-25/h3-6,9-11,25H,7-8H2,2H3/b14-9-. The van der Waals surface area contributed by atoms with Crippen molar-refractivity contribution < 1.29 is 5.11 Å². The lowest BCUT2D eigenvalue weighted by Crippen LogP contribution is -2.19. The van der Waals surface area contributed by atoms with Gasteiger partial charge in [0.15, 0.2) is 0 Å². The van der Waals surface area contributed by atoms with Crippen molar-refractivity contribution in [3.63, 3.8) is 0 Å². The molecule has 4 heterocycles. The van der Waals surface area contributed by atoms with Gasteiger partial charge in [0.1, 0.15) is 5.01 Å². The minimum absolute atomic E-state index is 0.149. The molecule has 4 aromatic heterocycles. The molecule has 0 radical (unpaired) electrons. The van der Waals surface area contributed by atoms with E-state index < -0.39 is 0 Å². The van der Waals surface area contributed by atoms with E-state index in [2.05, 4.69) is 26.9 Å². The molecule has 0 aliphatic carbocycles. The Balaban J connectivity index is 1.54. The van der Waals surface area contributed by atoms with Gasteiger partial charge in [-0.1, -0.05) is 12.1 Å². The largest absolute Gasteiger partial charge is 0.395 e. The van der Waals surface area contributed by atoms with E-state index in [1.54, 1.807) is 45.3 Å². The average molecular weight is 454 g/mol. The van der Waals surface area contributed by atoms with Crippen molar-refractivity contribution in [1.29, 1.82) is 0 Å². The average Bonchev–Trinajstić information content (AvgIpc) is 3.45. The smallest absolute Gasteiger partial charge is 0.223 e. The Morgan fingerprint density at radius 3 is 2.69 bits per heavy atom. The van der Waals surface area contributed by atoms with E-state index in [9.17, 15) is 5.11 Å². The summed E-state index contributed by atoms with van der Waals surface area (Å²) in [6.07, 6.45) is 1.96. The van der Waals surface area contributed by atoms with Gasteiger partial charge < -0.3 is 10.0 Å². The van der Waals surface area contributed by atoms with Crippen LogP contribution in [0.3, 0.4) is 0 Å². The first-order chi connectivity index (χ1) is 14.2. The van der Waals surface area contributed by atoms with Crippen molar-refractivity contribution in [2.45, 2.75) is 0 Å². The highest BCUT2D eigenvalue weighted by molar-refractivity contribution is 7.39. The number of hydrogen-bond acceptors (Lipinski definition) is 7. The Morgan fingerprint density at radius 2 is 1.90 bits per heavy atom. The number of benzene rings is 1. The highest BCUT2D eigenvalue weighted by Crippen LogP contribution is 2.46. The highest BCUT2D eigenvalue weighted by atomic mass is 32.1. The van der Waals surface area contributed by atoms with E-state index in [0.29, 0.717) is 12.2 Å². The lowest BCUT2D eigenvalue weighted by atomic mass is 10.3.